The van der Waals surface area contributed by atoms with Crippen LogP contribution in [0, 0.1) is 0 Å². The summed E-state index contributed by atoms with van der Waals surface area (Å²) in [6.07, 6.45) is 6.36. The molecule has 0 atom stereocenters. The second-order valence-electron chi connectivity index (χ2n) is 4.86. The van der Waals surface area contributed by atoms with Gasteiger partial charge >= 0.3 is 5.97 Å². The van der Waals surface area contributed by atoms with E-state index in [1.54, 1.807) is 30.4 Å². The van der Waals surface area contributed by atoms with Crippen molar-refractivity contribution in [1.29, 1.82) is 0 Å². The Labute approximate surface area is 135 Å². The average molecular weight is 306 g/mol. The first-order chi connectivity index (χ1) is 11.2. The molecule has 2 aromatic rings. The molecule has 0 fully saturated rings. The van der Waals surface area contributed by atoms with Gasteiger partial charge in [0, 0.05) is 11.6 Å². The molecule has 0 aliphatic rings. The van der Waals surface area contributed by atoms with Crippen molar-refractivity contribution < 1.29 is 14.3 Å². The number of carbonyl (C=O) groups is 2. The Morgan fingerprint density at radius 2 is 1.57 bits per heavy atom. The van der Waals surface area contributed by atoms with Gasteiger partial charge in [0.25, 0.3) is 0 Å². The SMILES string of the molecule is C/C=C/C=C/C(=O)OCC(=O)c1ccc(-c2ccccc2)cc1. The standard InChI is InChI=1S/C20H18O3/c1-2-3-5-10-20(22)23-15-19(21)18-13-11-17(12-14-18)16-8-6-4-7-9-16/h2-14H,15H2,1H3/b3-2+,10-5+. The van der Waals surface area contributed by atoms with Crippen LogP contribution in [-0.4, -0.2) is 18.4 Å². The summed E-state index contributed by atoms with van der Waals surface area (Å²) in [4.78, 5) is 23.4. The quantitative estimate of drug-likeness (QED) is 0.347. The summed E-state index contributed by atoms with van der Waals surface area (Å²) in [5.74, 6) is -0.755. The minimum absolute atomic E-state index is 0.225. The van der Waals surface area contributed by atoms with E-state index < -0.39 is 5.97 Å². The van der Waals surface area contributed by atoms with Crippen molar-refractivity contribution in [1.82, 2.24) is 0 Å². The predicted molar refractivity (Wildman–Crippen MR) is 91.1 cm³/mol. The average Bonchev–Trinajstić information content (AvgIpc) is 2.61. The van der Waals surface area contributed by atoms with Gasteiger partial charge in [-0.15, -0.1) is 0 Å². The molecule has 0 aliphatic heterocycles. The number of hydrogen-bond acceptors (Lipinski definition) is 3. The zero-order valence-electron chi connectivity index (χ0n) is 12.9. The molecular formula is C20H18O3. The number of hydrogen-bond donors (Lipinski definition) is 0. The maximum atomic E-state index is 12.0. The molecular weight excluding hydrogens is 288 g/mol. The van der Waals surface area contributed by atoms with E-state index in [2.05, 4.69) is 0 Å². The summed E-state index contributed by atoms with van der Waals surface area (Å²) in [6, 6.07) is 17.2. The lowest BCUT2D eigenvalue weighted by atomic mass is 10.0. The van der Waals surface area contributed by atoms with E-state index in [9.17, 15) is 9.59 Å². The number of ketones is 1. The van der Waals surface area contributed by atoms with E-state index in [0.717, 1.165) is 11.1 Å². The van der Waals surface area contributed by atoms with Gasteiger partial charge in [-0.1, -0.05) is 72.8 Å². The van der Waals surface area contributed by atoms with E-state index in [0.29, 0.717) is 5.56 Å². The maximum absolute atomic E-state index is 12.0. The summed E-state index contributed by atoms with van der Waals surface area (Å²) in [6.45, 7) is 1.59. The van der Waals surface area contributed by atoms with Crippen LogP contribution in [0.1, 0.15) is 17.3 Å². The number of allylic oxidation sites excluding steroid dienone is 3. The molecule has 0 radical (unpaired) electrons. The van der Waals surface area contributed by atoms with Gasteiger partial charge in [-0.25, -0.2) is 4.79 Å². The van der Waals surface area contributed by atoms with Crippen LogP contribution in [0.4, 0.5) is 0 Å². The van der Waals surface area contributed by atoms with Gasteiger partial charge in [-0.3, -0.25) is 4.79 Å². The third-order valence-corrected chi connectivity index (χ3v) is 3.20. The molecule has 2 aromatic carbocycles. The number of ether oxygens (including phenoxy) is 1. The van der Waals surface area contributed by atoms with Gasteiger partial charge in [0.05, 0.1) is 0 Å². The van der Waals surface area contributed by atoms with Gasteiger partial charge in [0.15, 0.2) is 12.4 Å². The Morgan fingerprint density at radius 3 is 2.22 bits per heavy atom. The molecule has 23 heavy (non-hydrogen) atoms. The summed E-state index contributed by atoms with van der Waals surface area (Å²) in [7, 11) is 0. The molecule has 0 aromatic heterocycles. The molecule has 3 nitrogen and oxygen atoms in total. The molecule has 0 N–H and O–H groups in total. The van der Waals surface area contributed by atoms with Crippen LogP contribution >= 0.6 is 0 Å². The van der Waals surface area contributed by atoms with Crippen LogP contribution in [0.2, 0.25) is 0 Å². The van der Waals surface area contributed by atoms with E-state index in [-0.39, 0.29) is 12.4 Å². The van der Waals surface area contributed by atoms with E-state index in [4.69, 9.17) is 4.74 Å². The highest BCUT2D eigenvalue weighted by molar-refractivity contribution is 5.98. The number of Topliss-reactive ketones (excluding diaryl/α,β-unsaturated/α-hetero) is 1. The van der Waals surface area contributed by atoms with E-state index >= 15 is 0 Å². The largest absolute Gasteiger partial charge is 0.454 e. The number of rotatable bonds is 6. The third-order valence-electron chi connectivity index (χ3n) is 3.20. The maximum Gasteiger partial charge on any atom is 0.331 e. The molecule has 0 saturated carbocycles. The van der Waals surface area contributed by atoms with Gasteiger partial charge in [-0.05, 0) is 18.1 Å². The third kappa shape index (κ3) is 5.08. The molecule has 116 valence electrons. The molecule has 0 unspecified atom stereocenters. The number of carbonyl (C=O) groups excluding carboxylic acids is 2. The van der Waals surface area contributed by atoms with Gasteiger partial charge in [0.2, 0.25) is 0 Å². The van der Waals surface area contributed by atoms with Crippen molar-refractivity contribution in [2.24, 2.45) is 0 Å². The van der Waals surface area contributed by atoms with Gasteiger partial charge in [-0.2, -0.15) is 0 Å². The highest BCUT2D eigenvalue weighted by Gasteiger charge is 2.08. The second kappa shape index (κ2) is 8.49. The molecule has 2 rings (SSSR count). The molecule has 0 heterocycles. The number of esters is 1. The lowest BCUT2D eigenvalue weighted by molar-refractivity contribution is -0.136. The monoisotopic (exact) mass is 306 g/mol. The normalized spacial score (nSPS) is 11.0. The molecule has 3 heteroatoms. The van der Waals surface area contributed by atoms with Crippen LogP contribution in [-0.2, 0) is 9.53 Å². The highest BCUT2D eigenvalue weighted by atomic mass is 16.5. The number of benzene rings is 2. The Balaban J connectivity index is 1.94. The topological polar surface area (TPSA) is 43.4 Å². The fourth-order valence-corrected chi connectivity index (χ4v) is 1.99. The summed E-state index contributed by atoms with van der Waals surface area (Å²) in [5.41, 5.74) is 2.65. The van der Waals surface area contributed by atoms with Crippen LogP contribution in [0.15, 0.2) is 78.9 Å². The van der Waals surface area contributed by atoms with Crippen molar-refractivity contribution in [2.75, 3.05) is 6.61 Å². The Bertz CT molecular complexity index is 710. The Morgan fingerprint density at radius 1 is 0.913 bits per heavy atom. The summed E-state index contributed by atoms with van der Waals surface area (Å²) < 4.78 is 4.91. The second-order valence-corrected chi connectivity index (χ2v) is 4.86. The van der Waals surface area contributed by atoms with Crippen LogP contribution in [0.3, 0.4) is 0 Å². The first-order valence-corrected chi connectivity index (χ1v) is 7.35. The molecule has 0 aliphatic carbocycles. The van der Waals surface area contributed by atoms with Crippen molar-refractivity contribution >= 4 is 11.8 Å². The van der Waals surface area contributed by atoms with E-state index in [1.807, 2.05) is 49.4 Å². The Kier molecular flexibility index (Phi) is 6.07. The lowest BCUT2D eigenvalue weighted by Gasteiger charge is -2.04. The predicted octanol–water partition coefficient (Wildman–Crippen LogP) is 4.21. The molecule has 0 bridgehead atoms. The van der Waals surface area contributed by atoms with Crippen LogP contribution < -0.4 is 0 Å². The smallest absolute Gasteiger partial charge is 0.331 e. The summed E-state index contributed by atoms with van der Waals surface area (Å²) in [5, 5.41) is 0. The Hall–Kier alpha value is -2.94. The molecule has 0 saturated heterocycles. The van der Waals surface area contributed by atoms with Crippen molar-refractivity contribution in [2.45, 2.75) is 6.92 Å². The molecule has 0 amide bonds. The highest BCUT2D eigenvalue weighted by Crippen LogP contribution is 2.19. The van der Waals surface area contributed by atoms with Crippen LogP contribution in [0.5, 0.6) is 0 Å². The van der Waals surface area contributed by atoms with Crippen molar-refractivity contribution in [3.63, 3.8) is 0 Å². The fourth-order valence-electron chi connectivity index (χ4n) is 1.99. The zero-order valence-corrected chi connectivity index (χ0v) is 12.9. The molecule has 0 spiro atoms. The van der Waals surface area contributed by atoms with E-state index in [1.165, 1.54) is 6.08 Å². The van der Waals surface area contributed by atoms with Gasteiger partial charge in [0.1, 0.15) is 0 Å². The van der Waals surface area contributed by atoms with Crippen molar-refractivity contribution in [3.05, 3.63) is 84.5 Å². The summed E-state index contributed by atoms with van der Waals surface area (Å²) >= 11 is 0. The van der Waals surface area contributed by atoms with Crippen molar-refractivity contribution in [3.8, 4) is 11.1 Å². The first kappa shape index (κ1) is 16.4. The van der Waals surface area contributed by atoms with Gasteiger partial charge < -0.3 is 4.74 Å². The minimum atomic E-state index is -0.530. The fraction of sp³-hybridized carbons (Fsp3) is 0.100. The van der Waals surface area contributed by atoms with Crippen LogP contribution in [0.25, 0.3) is 11.1 Å². The minimum Gasteiger partial charge on any atom is -0.454 e. The first-order valence-electron chi connectivity index (χ1n) is 7.35. The zero-order chi connectivity index (χ0) is 16.5. The lowest BCUT2D eigenvalue weighted by Crippen LogP contribution is -2.12.